The predicted molar refractivity (Wildman–Crippen MR) is 50.1 cm³/mol. The highest BCUT2D eigenvalue weighted by Crippen LogP contribution is 2.18. The van der Waals surface area contributed by atoms with Crippen molar-refractivity contribution in [3.05, 3.63) is 0 Å². The van der Waals surface area contributed by atoms with Crippen LogP contribution in [0.5, 0.6) is 0 Å². The van der Waals surface area contributed by atoms with Crippen LogP contribution >= 0.6 is 0 Å². The molecule has 4 nitrogen and oxygen atoms in total. The van der Waals surface area contributed by atoms with E-state index in [4.69, 9.17) is 5.73 Å². The molecular weight excluding hydrogens is 168 g/mol. The van der Waals surface area contributed by atoms with Crippen LogP contribution in [-0.2, 0) is 4.79 Å². The van der Waals surface area contributed by atoms with E-state index in [0.29, 0.717) is 0 Å². The van der Waals surface area contributed by atoms with E-state index in [1.807, 2.05) is 0 Å². The number of aliphatic hydroxyl groups excluding tert-OH is 1. The van der Waals surface area contributed by atoms with Gasteiger partial charge in [0.1, 0.15) is 0 Å². The third-order valence-electron chi connectivity index (χ3n) is 2.62. The lowest BCUT2D eigenvalue weighted by atomic mass is 9.92. The molecule has 1 amide bonds. The van der Waals surface area contributed by atoms with Crippen LogP contribution in [0.25, 0.3) is 0 Å². The van der Waals surface area contributed by atoms with E-state index in [1.54, 1.807) is 6.92 Å². The molecule has 76 valence electrons. The Kier molecular flexibility index (Phi) is 3.69. The number of nitrogens with one attached hydrogen (secondary N) is 1. The zero-order valence-electron chi connectivity index (χ0n) is 7.99. The molecule has 0 aromatic heterocycles. The summed E-state index contributed by atoms with van der Waals surface area (Å²) in [5, 5.41) is 12.6. The molecule has 0 heterocycles. The second kappa shape index (κ2) is 4.58. The lowest BCUT2D eigenvalue weighted by Crippen LogP contribution is -2.50. The van der Waals surface area contributed by atoms with Gasteiger partial charge in [0.15, 0.2) is 0 Å². The minimum Gasteiger partial charge on any atom is -0.392 e. The number of hydrogen-bond acceptors (Lipinski definition) is 3. The average Bonchev–Trinajstić information content (AvgIpc) is 2.08. The monoisotopic (exact) mass is 186 g/mol. The van der Waals surface area contributed by atoms with Crippen LogP contribution < -0.4 is 11.1 Å². The van der Waals surface area contributed by atoms with E-state index in [1.165, 1.54) is 0 Å². The average molecular weight is 186 g/mol. The minimum absolute atomic E-state index is 0.0382. The number of carbonyl (C=O) groups excluding carboxylic acids is 1. The van der Waals surface area contributed by atoms with Crippen molar-refractivity contribution in [1.82, 2.24) is 5.32 Å². The highest BCUT2D eigenvalue weighted by molar-refractivity contribution is 5.79. The summed E-state index contributed by atoms with van der Waals surface area (Å²) < 4.78 is 0. The smallest absolute Gasteiger partial charge is 0.234 e. The van der Waals surface area contributed by atoms with Gasteiger partial charge < -0.3 is 16.2 Å². The Morgan fingerprint density at radius 1 is 1.54 bits per heavy atom. The Morgan fingerprint density at radius 3 is 2.69 bits per heavy atom. The molecule has 0 aromatic carbocycles. The van der Waals surface area contributed by atoms with Crippen molar-refractivity contribution < 1.29 is 9.90 Å². The summed E-state index contributed by atoms with van der Waals surface area (Å²) in [6, 6.07) is -0.311. The van der Waals surface area contributed by atoms with Crippen LogP contribution in [0.3, 0.4) is 0 Å². The molecule has 1 aliphatic carbocycles. The highest BCUT2D eigenvalue weighted by atomic mass is 16.3. The van der Waals surface area contributed by atoms with Gasteiger partial charge in [0.05, 0.1) is 12.1 Å². The Morgan fingerprint density at radius 2 is 2.15 bits per heavy atom. The molecule has 1 saturated carbocycles. The van der Waals surface area contributed by atoms with Crippen molar-refractivity contribution in [2.24, 2.45) is 5.73 Å². The van der Waals surface area contributed by atoms with Gasteiger partial charge in [-0.15, -0.1) is 0 Å². The first-order valence-electron chi connectivity index (χ1n) is 4.84. The molecule has 1 fully saturated rings. The van der Waals surface area contributed by atoms with Crippen molar-refractivity contribution in [1.29, 1.82) is 0 Å². The molecule has 1 rings (SSSR count). The molecular formula is C9H18N2O2. The quantitative estimate of drug-likeness (QED) is 0.569. The lowest BCUT2D eigenvalue weighted by molar-refractivity contribution is -0.120. The summed E-state index contributed by atoms with van der Waals surface area (Å²) >= 11 is 0. The maximum atomic E-state index is 10.8. The number of amides is 1. The number of carbonyl (C=O) groups is 1. The third kappa shape index (κ3) is 2.97. The van der Waals surface area contributed by atoms with Gasteiger partial charge in [0, 0.05) is 6.04 Å². The molecule has 0 spiro atoms. The van der Waals surface area contributed by atoms with E-state index < -0.39 is 0 Å². The molecule has 0 aliphatic heterocycles. The van der Waals surface area contributed by atoms with Crippen LogP contribution in [0, 0.1) is 0 Å². The predicted octanol–water partition coefficient (Wildman–Crippen LogP) is -0.247. The Labute approximate surface area is 78.5 Å². The SMILES string of the molecule is CC(NC1CCCCC1O)C(N)=O. The van der Waals surface area contributed by atoms with Gasteiger partial charge in [-0.05, 0) is 19.8 Å². The number of hydrogen-bond donors (Lipinski definition) is 3. The lowest BCUT2D eigenvalue weighted by Gasteiger charge is -2.30. The molecule has 0 radical (unpaired) electrons. The second-order valence-electron chi connectivity index (χ2n) is 3.75. The maximum absolute atomic E-state index is 10.8. The summed E-state index contributed by atoms with van der Waals surface area (Å²) in [5.41, 5.74) is 5.12. The van der Waals surface area contributed by atoms with Crippen LogP contribution in [0.2, 0.25) is 0 Å². The summed E-state index contributed by atoms with van der Waals surface area (Å²) in [5.74, 6) is -0.363. The fraction of sp³-hybridized carbons (Fsp3) is 0.889. The summed E-state index contributed by atoms with van der Waals surface area (Å²) in [6.07, 6.45) is 3.61. The third-order valence-corrected chi connectivity index (χ3v) is 2.62. The normalized spacial score (nSPS) is 31.2. The van der Waals surface area contributed by atoms with Crippen molar-refractivity contribution in [2.45, 2.75) is 50.8 Å². The van der Waals surface area contributed by atoms with Crippen molar-refractivity contribution >= 4 is 5.91 Å². The molecule has 13 heavy (non-hydrogen) atoms. The van der Waals surface area contributed by atoms with Crippen LogP contribution in [0.15, 0.2) is 0 Å². The van der Waals surface area contributed by atoms with E-state index >= 15 is 0 Å². The van der Waals surface area contributed by atoms with E-state index in [0.717, 1.165) is 25.7 Å². The minimum atomic E-state index is -0.363. The second-order valence-corrected chi connectivity index (χ2v) is 3.75. The van der Waals surface area contributed by atoms with E-state index in [2.05, 4.69) is 5.32 Å². The molecule has 3 unspecified atom stereocenters. The number of nitrogens with two attached hydrogens (primary N) is 1. The Hall–Kier alpha value is -0.610. The van der Waals surface area contributed by atoms with Gasteiger partial charge in [-0.25, -0.2) is 0 Å². The molecule has 1 aliphatic rings. The number of rotatable bonds is 3. The first kappa shape index (κ1) is 10.5. The Bertz CT molecular complexity index is 184. The first-order valence-corrected chi connectivity index (χ1v) is 4.84. The topological polar surface area (TPSA) is 75.3 Å². The summed E-state index contributed by atoms with van der Waals surface area (Å²) in [4.78, 5) is 10.8. The van der Waals surface area contributed by atoms with Crippen LogP contribution in [-0.4, -0.2) is 29.2 Å². The van der Waals surface area contributed by atoms with Crippen LogP contribution in [0.1, 0.15) is 32.6 Å². The van der Waals surface area contributed by atoms with Crippen LogP contribution in [0.4, 0.5) is 0 Å². The first-order chi connectivity index (χ1) is 6.11. The number of aliphatic hydroxyl groups is 1. The van der Waals surface area contributed by atoms with Gasteiger partial charge in [-0.3, -0.25) is 4.79 Å². The van der Waals surface area contributed by atoms with Gasteiger partial charge >= 0.3 is 0 Å². The van der Waals surface area contributed by atoms with Gasteiger partial charge in [0.25, 0.3) is 0 Å². The summed E-state index contributed by atoms with van der Waals surface area (Å²) in [7, 11) is 0. The molecule has 4 N–H and O–H groups in total. The maximum Gasteiger partial charge on any atom is 0.234 e. The zero-order chi connectivity index (χ0) is 9.84. The standard InChI is InChI=1S/C9H18N2O2/c1-6(9(10)13)11-7-4-2-3-5-8(7)12/h6-8,11-12H,2-5H2,1H3,(H2,10,13). The molecule has 0 saturated heterocycles. The molecule has 4 heteroatoms. The number of primary amides is 1. The zero-order valence-corrected chi connectivity index (χ0v) is 7.99. The molecule has 3 atom stereocenters. The molecule has 0 aromatic rings. The van der Waals surface area contributed by atoms with E-state index in [-0.39, 0.29) is 24.1 Å². The van der Waals surface area contributed by atoms with Crippen molar-refractivity contribution in [3.63, 3.8) is 0 Å². The van der Waals surface area contributed by atoms with Gasteiger partial charge in [0.2, 0.25) is 5.91 Å². The van der Waals surface area contributed by atoms with Gasteiger partial charge in [-0.2, -0.15) is 0 Å². The fourth-order valence-electron chi connectivity index (χ4n) is 1.71. The van der Waals surface area contributed by atoms with Crippen molar-refractivity contribution in [2.75, 3.05) is 0 Å². The largest absolute Gasteiger partial charge is 0.392 e. The molecule has 0 bridgehead atoms. The van der Waals surface area contributed by atoms with E-state index in [9.17, 15) is 9.90 Å². The highest BCUT2D eigenvalue weighted by Gasteiger charge is 2.25. The summed E-state index contributed by atoms with van der Waals surface area (Å²) in [6.45, 7) is 1.73. The fourth-order valence-corrected chi connectivity index (χ4v) is 1.71. The Balaban J connectivity index is 2.37. The van der Waals surface area contributed by atoms with Gasteiger partial charge in [-0.1, -0.05) is 12.8 Å². The van der Waals surface area contributed by atoms with Crippen molar-refractivity contribution in [3.8, 4) is 0 Å².